The van der Waals surface area contributed by atoms with Crippen LogP contribution in [0.2, 0.25) is 5.02 Å². The standard InChI is InChI=1S/C12H12ClFN2O2/c1-18-6-2-11-12(17)15-9-4-8(14)7(13)3-10(9)16(11)5-6/h3-4,6,11H,2,5H2,1H3,(H,15,17). The minimum absolute atomic E-state index is 0.00975. The highest BCUT2D eigenvalue weighted by Gasteiger charge is 2.41. The summed E-state index contributed by atoms with van der Waals surface area (Å²) in [5, 5.41) is 2.77. The van der Waals surface area contributed by atoms with Gasteiger partial charge in [-0.3, -0.25) is 4.79 Å². The predicted molar refractivity (Wildman–Crippen MR) is 66.6 cm³/mol. The number of halogens is 2. The molecule has 96 valence electrons. The Morgan fingerprint density at radius 1 is 1.56 bits per heavy atom. The summed E-state index contributed by atoms with van der Waals surface area (Å²) in [5.74, 6) is -0.652. The van der Waals surface area contributed by atoms with Gasteiger partial charge in [0.05, 0.1) is 22.5 Å². The van der Waals surface area contributed by atoms with Crippen LogP contribution in [0.4, 0.5) is 15.8 Å². The lowest BCUT2D eigenvalue weighted by Crippen LogP contribution is -2.44. The summed E-state index contributed by atoms with van der Waals surface area (Å²) in [7, 11) is 1.62. The van der Waals surface area contributed by atoms with Gasteiger partial charge in [0, 0.05) is 26.1 Å². The highest BCUT2D eigenvalue weighted by molar-refractivity contribution is 6.31. The van der Waals surface area contributed by atoms with E-state index in [1.54, 1.807) is 13.2 Å². The number of nitrogens with zero attached hydrogens (tertiary/aromatic N) is 1. The number of fused-ring (bicyclic) bond motifs is 3. The van der Waals surface area contributed by atoms with Crippen molar-refractivity contribution in [3.05, 3.63) is 23.0 Å². The zero-order valence-corrected chi connectivity index (χ0v) is 10.5. The van der Waals surface area contributed by atoms with Crippen LogP contribution in [0.3, 0.4) is 0 Å². The molecule has 2 aliphatic rings. The highest BCUT2D eigenvalue weighted by Crippen LogP contribution is 2.39. The smallest absolute Gasteiger partial charge is 0.247 e. The fraction of sp³-hybridized carbons (Fsp3) is 0.417. The van der Waals surface area contributed by atoms with Gasteiger partial charge in [-0.15, -0.1) is 0 Å². The summed E-state index contributed by atoms with van der Waals surface area (Å²) < 4.78 is 18.7. The van der Waals surface area contributed by atoms with Crippen LogP contribution in [0.5, 0.6) is 0 Å². The molecule has 18 heavy (non-hydrogen) atoms. The summed E-state index contributed by atoms with van der Waals surface area (Å²) in [6.07, 6.45) is 0.645. The summed E-state index contributed by atoms with van der Waals surface area (Å²) in [6.45, 7) is 0.615. The molecule has 1 saturated heterocycles. The highest BCUT2D eigenvalue weighted by atomic mass is 35.5. The Bertz CT molecular complexity index is 523. The van der Waals surface area contributed by atoms with Crippen LogP contribution in [0.15, 0.2) is 12.1 Å². The fourth-order valence-corrected chi connectivity index (χ4v) is 2.73. The molecular formula is C12H12ClFN2O2. The van der Waals surface area contributed by atoms with E-state index in [1.807, 2.05) is 4.90 Å². The second-order valence-electron chi connectivity index (χ2n) is 4.53. The minimum atomic E-state index is -0.531. The molecule has 0 aromatic heterocycles. The quantitative estimate of drug-likeness (QED) is 0.849. The molecule has 2 atom stereocenters. The van der Waals surface area contributed by atoms with E-state index in [9.17, 15) is 9.18 Å². The van der Waals surface area contributed by atoms with Gasteiger partial charge in [-0.05, 0) is 6.07 Å². The van der Waals surface area contributed by atoms with Gasteiger partial charge >= 0.3 is 0 Å². The van der Waals surface area contributed by atoms with E-state index in [1.165, 1.54) is 6.07 Å². The number of amides is 1. The van der Waals surface area contributed by atoms with Crippen molar-refractivity contribution in [2.75, 3.05) is 23.9 Å². The number of benzene rings is 1. The van der Waals surface area contributed by atoms with Gasteiger partial charge in [0.25, 0.3) is 0 Å². The van der Waals surface area contributed by atoms with Gasteiger partial charge in [-0.25, -0.2) is 4.39 Å². The van der Waals surface area contributed by atoms with Crippen LogP contribution < -0.4 is 10.2 Å². The third-order valence-electron chi connectivity index (χ3n) is 3.50. The number of ether oxygens (including phenoxy) is 1. The Morgan fingerprint density at radius 3 is 3.06 bits per heavy atom. The zero-order valence-electron chi connectivity index (χ0n) is 9.74. The molecule has 1 fully saturated rings. The number of carbonyl (C=O) groups excluding carboxylic acids is 1. The molecule has 1 aromatic rings. The van der Waals surface area contributed by atoms with Gasteiger partial charge in [0.1, 0.15) is 11.9 Å². The first-order valence-electron chi connectivity index (χ1n) is 5.69. The van der Waals surface area contributed by atoms with E-state index in [0.717, 1.165) is 5.69 Å². The molecule has 4 nitrogen and oxygen atoms in total. The maximum absolute atomic E-state index is 13.4. The number of anilines is 2. The number of hydrogen-bond donors (Lipinski definition) is 1. The molecule has 0 spiro atoms. The van der Waals surface area contributed by atoms with E-state index < -0.39 is 5.82 Å². The van der Waals surface area contributed by atoms with Crippen molar-refractivity contribution >= 4 is 28.9 Å². The third kappa shape index (κ3) is 1.66. The zero-order chi connectivity index (χ0) is 12.9. The van der Waals surface area contributed by atoms with E-state index in [-0.39, 0.29) is 23.1 Å². The van der Waals surface area contributed by atoms with E-state index in [4.69, 9.17) is 16.3 Å². The van der Waals surface area contributed by atoms with Crippen molar-refractivity contribution in [3.63, 3.8) is 0 Å². The molecule has 6 heteroatoms. The molecule has 2 heterocycles. The number of rotatable bonds is 1. The van der Waals surface area contributed by atoms with Crippen molar-refractivity contribution in [1.82, 2.24) is 0 Å². The van der Waals surface area contributed by atoms with Crippen LogP contribution in [-0.2, 0) is 9.53 Å². The number of nitrogens with one attached hydrogen (secondary N) is 1. The summed E-state index contributed by atoms with van der Waals surface area (Å²) in [6, 6.07) is 2.55. The van der Waals surface area contributed by atoms with Gasteiger partial charge < -0.3 is 15.0 Å². The normalized spacial score (nSPS) is 25.7. The van der Waals surface area contributed by atoms with E-state index in [0.29, 0.717) is 18.7 Å². The number of hydrogen-bond acceptors (Lipinski definition) is 3. The first-order valence-corrected chi connectivity index (χ1v) is 6.07. The summed E-state index contributed by atoms with van der Waals surface area (Å²) in [4.78, 5) is 13.9. The Balaban J connectivity index is 2.05. The second kappa shape index (κ2) is 4.10. The van der Waals surface area contributed by atoms with Crippen LogP contribution in [0, 0.1) is 5.82 Å². The monoisotopic (exact) mass is 270 g/mol. The average molecular weight is 271 g/mol. The lowest BCUT2D eigenvalue weighted by atomic mass is 10.1. The number of carbonyl (C=O) groups is 1. The summed E-state index contributed by atoms with van der Waals surface area (Å²) >= 11 is 5.80. The lowest BCUT2D eigenvalue weighted by Gasteiger charge is -2.32. The first kappa shape index (κ1) is 11.7. The Labute approximate surface area is 109 Å². The van der Waals surface area contributed by atoms with Crippen LogP contribution in [-0.4, -0.2) is 31.7 Å². The molecule has 1 amide bonds. The predicted octanol–water partition coefficient (Wildman–Crippen LogP) is 2.02. The fourth-order valence-electron chi connectivity index (χ4n) is 2.57. The third-order valence-corrected chi connectivity index (χ3v) is 3.79. The van der Waals surface area contributed by atoms with Gasteiger partial charge in [-0.2, -0.15) is 0 Å². The Kier molecular flexibility index (Phi) is 2.68. The van der Waals surface area contributed by atoms with Crippen molar-refractivity contribution in [1.29, 1.82) is 0 Å². The number of methoxy groups -OCH3 is 1. The Hall–Kier alpha value is -1.33. The van der Waals surface area contributed by atoms with E-state index >= 15 is 0 Å². The molecule has 2 aliphatic heterocycles. The maximum atomic E-state index is 13.4. The van der Waals surface area contributed by atoms with Gasteiger partial charge in [-0.1, -0.05) is 11.6 Å². The van der Waals surface area contributed by atoms with Crippen molar-refractivity contribution in [2.24, 2.45) is 0 Å². The molecule has 0 saturated carbocycles. The van der Waals surface area contributed by atoms with Gasteiger partial charge in [0.15, 0.2) is 0 Å². The first-order chi connectivity index (χ1) is 8.60. The maximum Gasteiger partial charge on any atom is 0.247 e. The van der Waals surface area contributed by atoms with Crippen molar-refractivity contribution < 1.29 is 13.9 Å². The largest absolute Gasteiger partial charge is 0.380 e. The Morgan fingerprint density at radius 2 is 2.33 bits per heavy atom. The topological polar surface area (TPSA) is 41.6 Å². The van der Waals surface area contributed by atoms with Crippen molar-refractivity contribution in [2.45, 2.75) is 18.6 Å². The second-order valence-corrected chi connectivity index (χ2v) is 4.94. The van der Waals surface area contributed by atoms with Crippen LogP contribution in [0.1, 0.15) is 6.42 Å². The molecule has 0 bridgehead atoms. The minimum Gasteiger partial charge on any atom is -0.380 e. The molecule has 0 radical (unpaired) electrons. The summed E-state index contributed by atoms with van der Waals surface area (Å²) in [5.41, 5.74) is 1.22. The van der Waals surface area contributed by atoms with Gasteiger partial charge in [0.2, 0.25) is 5.91 Å². The van der Waals surface area contributed by atoms with Crippen LogP contribution >= 0.6 is 11.6 Å². The molecule has 2 unspecified atom stereocenters. The van der Waals surface area contributed by atoms with E-state index in [2.05, 4.69) is 5.32 Å². The molecule has 3 rings (SSSR count). The van der Waals surface area contributed by atoms with Crippen molar-refractivity contribution in [3.8, 4) is 0 Å². The van der Waals surface area contributed by atoms with Crippen LogP contribution in [0.25, 0.3) is 0 Å². The average Bonchev–Trinajstić information content (AvgIpc) is 2.77. The molecular weight excluding hydrogens is 259 g/mol. The lowest BCUT2D eigenvalue weighted by molar-refractivity contribution is -0.117. The molecule has 0 aliphatic carbocycles. The molecule has 1 N–H and O–H groups in total. The molecule has 1 aromatic carbocycles. The SMILES string of the molecule is COC1CC2C(=O)Nc3cc(F)c(Cl)cc3N2C1.